The molecule has 0 radical (unpaired) electrons. The van der Waals surface area contributed by atoms with Crippen molar-refractivity contribution in [3.05, 3.63) is 93.5 Å². The lowest BCUT2D eigenvalue weighted by atomic mass is 9.88. The summed E-state index contributed by atoms with van der Waals surface area (Å²) in [6.45, 7) is 0. The molecule has 0 bridgehead atoms. The van der Waals surface area contributed by atoms with Gasteiger partial charge < -0.3 is 5.11 Å². The Morgan fingerprint density at radius 1 is 0.962 bits per heavy atom. The molecule has 0 aliphatic carbocycles. The number of amides is 1. The summed E-state index contributed by atoms with van der Waals surface area (Å²) in [7, 11) is 0. The lowest BCUT2D eigenvalue weighted by molar-refractivity contribution is 0.0966. The van der Waals surface area contributed by atoms with Crippen LogP contribution in [0.4, 0.5) is 5.69 Å². The second kappa shape index (κ2) is 6.67. The first-order valence-electron chi connectivity index (χ1n) is 8.20. The molecule has 1 N–H and O–H groups in total. The molecule has 1 aliphatic heterocycles. The monoisotopic (exact) mass is 383 g/mol. The molecule has 130 valence electrons. The third-order valence-electron chi connectivity index (χ3n) is 4.65. The summed E-state index contributed by atoms with van der Waals surface area (Å²) >= 11 is 12.5. The molecule has 0 saturated carbocycles. The van der Waals surface area contributed by atoms with Gasteiger partial charge in [0.2, 0.25) is 0 Å². The van der Waals surface area contributed by atoms with Crippen molar-refractivity contribution in [2.45, 2.75) is 12.5 Å². The van der Waals surface area contributed by atoms with Crippen molar-refractivity contribution in [1.82, 2.24) is 0 Å². The van der Waals surface area contributed by atoms with Gasteiger partial charge in [-0.25, -0.2) is 0 Å². The van der Waals surface area contributed by atoms with E-state index in [0.717, 1.165) is 11.1 Å². The minimum Gasteiger partial charge on any atom is -0.506 e. The van der Waals surface area contributed by atoms with Gasteiger partial charge in [0.05, 0.1) is 11.7 Å². The number of phenolic OH excluding ortho intramolecular Hbond substituents is 1. The molecule has 3 aromatic carbocycles. The number of halogens is 2. The summed E-state index contributed by atoms with van der Waals surface area (Å²) in [5.41, 5.74) is 2.85. The number of carbonyl (C=O) groups excluding carboxylic acids is 1. The van der Waals surface area contributed by atoms with Crippen LogP contribution in [0, 0.1) is 0 Å². The second-order valence-electron chi connectivity index (χ2n) is 6.21. The fraction of sp³-hybridized carbons (Fsp3) is 0.0952. The number of hydrogen-bond donors (Lipinski definition) is 1. The van der Waals surface area contributed by atoms with E-state index in [1.165, 1.54) is 0 Å². The molecule has 1 unspecified atom stereocenters. The third-order valence-corrected chi connectivity index (χ3v) is 5.22. The maximum atomic E-state index is 13.3. The van der Waals surface area contributed by atoms with Crippen molar-refractivity contribution in [1.29, 1.82) is 0 Å². The molecule has 1 amide bonds. The highest BCUT2D eigenvalue weighted by Crippen LogP contribution is 2.42. The SMILES string of the molecule is O=C1c2ccccc2CC(c2ccc(Cl)cc2Cl)N1c1ccccc1O. The number of rotatable bonds is 2. The van der Waals surface area contributed by atoms with Crippen LogP contribution >= 0.6 is 23.2 Å². The number of aromatic hydroxyl groups is 1. The molecule has 26 heavy (non-hydrogen) atoms. The topological polar surface area (TPSA) is 40.5 Å². The van der Waals surface area contributed by atoms with Gasteiger partial charge in [0.15, 0.2) is 0 Å². The zero-order chi connectivity index (χ0) is 18.3. The number of benzene rings is 3. The van der Waals surface area contributed by atoms with Gasteiger partial charge in [-0.05, 0) is 47.9 Å². The fourth-order valence-corrected chi connectivity index (χ4v) is 3.98. The average Bonchev–Trinajstić information content (AvgIpc) is 2.63. The lowest BCUT2D eigenvalue weighted by Crippen LogP contribution is -2.40. The number of carbonyl (C=O) groups is 1. The Bertz CT molecular complexity index is 1000. The first-order valence-corrected chi connectivity index (χ1v) is 8.96. The maximum Gasteiger partial charge on any atom is 0.259 e. The van der Waals surface area contributed by atoms with Crippen molar-refractivity contribution in [3.63, 3.8) is 0 Å². The van der Waals surface area contributed by atoms with Gasteiger partial charge in [0, 0.05) is 15.6 Å². The predicted molar refractivity (Wildman–Crippen MR) is 104 cm³/mol. The Kier molecular flexibility index (Phi) is 4.35. The number of hydrogen-bond acceptors (Lipinski definition) is 2. The number of fused-ring (bicyclic) bond motifs is 1. The average molecular weight is 384 g/mol. The number of para-hydroxylation sites is 2. The van der Waals surface area contributed by atoms with Crippen molar-refractivity contribution < 1.29 is 9.90 Å². The first-order chi connectivity index (χ1) is 12.6. The first kappa shape index (κ1) is 17.0. The van der Waals surface area contributed by atoms with Gasteiger partial charge in [-0.1, -0.05) is 59.6 Å². The van der Waals surface area contributed by atoms with Gasteiger partial charge in [0.1, 0.15) is 5.75 Å². The van der Waals surface area contributed by atoms with E-state index in [4.69, 9.17) is 23.2 Å². The van der Waals surface area contributed by atoms with Crippen LogP contribution in [0.5, 0.6) is 5.75 Å². The van der Waals surface area contributed by atoms with Crippen molar-refractivity contribution in [2.75, 3.05) is 4.90 Å². The molecular weight excluding hydrogens is 369 g/mol. The molecule has 1 aliphatic rings. The van der Waals surface area contributed by atoms with E-state index in [1.54, 1.807) is 41.3 Å². The van der Waals surface area contributed by atoms with E-state index in [0.29, 0.717) is 27.7 Å². The molecule has 3 nitrogen and oxygen atoms in total. The van der Waals surface area contributed by atoms with E-state index in [1.807, 2.05) is 30.3 Å². The molecule has 0 spiro atoms. The molecule has 3 aromatic rings. The smallest absolute Gasteiger partial charge is 0.259 e. The highest BCUT2D eigenvalue weighted by atomic mass is 35.5. The molecular formula is C21H15Cl2NO2. The van der Waals surface area contributed by atoms with E-state index >= 15 is 0 Å². The largest absolute Gasteiger partial charge is 0.506 e. The summed E-state index contributed by atoms with van der Waals surface area (Å²) in [5, 5.41) is 11.4. The van der Waals surface area contributed by atoms with Gasteiger partial charge in [-0.15, -0.1) is 0 Å². The lowest BCUT2D eigenvalue weighted by Gasteiger charge is -2.37. The quantitative estimate of drug-likeness (QED) is 0.621. The van der Waals surface area contributed by atoms with Gasteiger partial charge >= 0.3 is 0 Å². The van der Waals surface area contributed by atoms with Crippen LogP contribution in [-0.4, -0.2) is 11.0 Å². The van der Waals surface area contributed by atoms with E-state index in [2.05, 4.69) is 0 Å². The van der Waals surface area contributed by atoms with Crippen LogP contribution in [0.15, 0.2) is 66.7 Å². The minimum absolute atomic E-state index is 0.0512. The van der Waals surface area contributed by atoms with Crippen LogP contribution in [0.25, 0.3) is 0 Å². The molecule has 0 aromatic heterocycles. The Balaban J connectivity index is 1.92. The normalized spacial score (nSPS) is 16.5. The number of phenols is 1. The zero-order valence-corrected chi connectivity index (χ0v) is 15.2. The van der Waals surface area contributed by atoms with E-state index in [-0.39, 0.29) is 17.7 Å². The van der Waals surface area contributed by atoms with E-state index < -0.39 is 0 Å². The minimum atomic E-state index is -0.338. The van der Waals surface area contributed by atoms with E-state index in [9.17, 15) is 9.90 Å². The van der Waals surface area contributed by atoms with Gasteiger partial charge in [0.25, 0.3) is 5.91 Å². The fourth-order valence-electron chi connectivity index (χ4n) is 3.44. The molecule has 0 saturated heterocycles. The summed E-state index contributed by atoms with van der Waals surface area (Å²) in [4.78, 5) is 14.9. The summed E-state index contributed by atoms with van der Waals surface area (Å²) in [6, 6.07) is 19.3. The Hall–Kier alpha value is -2.49. The van der Waals surface area contributed by atoms with Crippen molar-refractivity contribution in [3.8, 4) is 5.75 Å². The number of anilines is 1. The Labute approximate surface area is 161 Å². The summed E-state index contributed by atoms with van der Waals surface area (Å²) in [5.74, 6) is -0.111. The molecule has 0 fully saturated rings. The molecule has 4 rings (SSSR count). The molecule has 1 atom stereocenters. The summed E-state index contributed by atoms with van der Waals surface area (Å²) in [6.07, 6.45) is 0.595. The second-order valence-corrected chi connectivity index (χ2v) is 7.05. The molecule has 5 heteroatoms. The van der Waals surface area contributed by atoms with Crippen molar-refractivity contribution in [2.24, 2.45) is 0 Å². The highest BCUT2D eigenvalue weighted by Gasteiger charge is 2.36. The van der Waals surface area contributed by atoms with Crippen LogP contribution in [0.1, 0.15) is 27.5 Å². The van der Waals surface area contributed by atoms with Crippen molar-refractivity contribution >= 4 is 34.8 Å². The van der Waals surface area contributed by atoms with Crippen LogP contribution in [0.3, 0.4) is 0 Å². The Morgan fingerprint density at radius 2 is 1.69 bits per heavy atom. The highest BCUT2D eigenvalue weighted by molar-refractivity contribution is 6.35. The maximum absolute atomic E-state index is 13.3. The predicted octanol–water partition coefficient (Wildman–Crippen LogP) is 5.64. The Morgan fingerprint density at radius 3 is 2.46 bits per heavy atom. The van der Waals surface area contributed by atoms with Crippen LogP contribution in [-0.2, 0) is 6.42 Å². The van der Waals surface area contributed by atoms with Gasteiger partial charge in [-0.2, -0.15) is 0 Å². The van der Waals surface area contributed by atoms with Crippen LogP contribution in [0.2, 0.25) is 10.0 Å². The number of nitrogens with zero attached hydrogens (tertiary/aromatic N) is 1. The van der Waals surface area contributed by atoms with Gasteiger partial charge in [-0.3, -0.25) is 9.69 Å². The third kappa shape index (κ3) is 2.83. The summed E-state index contributed by atoms with van der Waals surface area (Å²) < 4.78 is 0. The molecule has 1 heterocycles. The van der Waals surface area contributed by atoms with Crippen LogP contribution < -0.4 is 4.90 Å². The standard InChI is InChI=1S/C21H15Cl2NO2/c22-14-9-10-16(17(23)12-14)19-11-13-5-1-2-6-15(13)21(26)24(19)18-7-3-4-8-20(18)25/h1-10,12,19,25H,11H2. The zero-order valence-electron chi connectivity index (χ0n) is 13.7.